The van der Waals surface area contributed by atoms with Gasteiger partial charge in [0.2, 0.25) is 11.8 Å². The van der Waals surface area contributed by atoms with Crippen LogP contribution in [0, 0.1) is 0 Å². The number of carbonyl (C=O) groups excluding carboxylic acids is 2. The molecule has 0 N–H and O–H groups in total. The third-order valence-electron chi connectivity index (χ3n) is 9.13. The van der Waals surface area contributed by atoms with Gasteiger partial charge in [-0.1, -0.05) is 117 Å². The molecule has 1 fully saturated rings. The van der Waals surface area contributed by atoms with Gasteiger partial charge >= 0.3 is 0 Å². The van der Waals surface area contributed by atoms with Crippen molar-refractivity contribution in [3.63, 3.8) is 0 Å². The number of carbonyl (C=O) groups is 2. The lowest BCUT2D eigenvalue weighted by molar-refractivity contribution is -0.145. The lowest BCUT2D eigenvalue weighted by atomic mass is 10.0. The molecule has 1 aliphatic heterocycles. The minimum atomic E-state index is -0.648. The number of hydrogen-bond acceptors (Lipinski definition) is 4. The van der Waals surface area contributed by atoms with Gasteiger partial charge in [0.05, 0.1) is 7.11 Å². The van der Waals surface area contributed by atoms with Crippen LogP contribution in [0.2, 0.25) is 0 Å². The van der Waals surface area contributed by atoms with Crippen LogP contribution >= 0.6 is 0 Å². The maximum absolute atomic E-state index is 14.5. The fraction of sp³-hybridized carbons (Fsp3) is 0.333. The van der Waals surface area contributed by atoms with Crippen molar-refractivity contribution in [2.24, 2.45) is 0 Å². The highest BCUT2D eigenvalue weighted by atomic mass is 16.5. The van der Waals surface area contributed by atoms with Crippen molar-refractivity contribution in [3.8, 4) is 5.75 Å². The quantitative estimate of drug-likeness (QED) is 0.1000. The van der Waals surface area contributed by atoms with Gasteiger partial charge in [0.15, 0.2) is 0 Å². The summed E-state index contributed by atoms with van der Waals surface area (Å²) in [6, 6.07) is 36.0. The van der Waals surface area contributed by atoms with Crippen LogP contribution in [0.15, 0.2) is 115 Å². The predicted octanol–water partition coefficient (Wildman–Crippen LogP) is 7.43. The van der Waals surface area contributed by atoms with Crippen LogP contribution in [-0.2, 0) is 35.5 Å². The molecule has 4 aromatic carbocycles. The normalized spacial score (nSPS) is 14.2. The fourth-order valence-electron chi connectivity index (χ4n) is 6.25. The van der Waals surface area contributed by atoms with Crippen molar-refractivity contribution in [1.29, 1.82) is 0 Å². The van der Waals surface area contributed by atoms with E-state index in [0.717, 1.165) is 48.5 Å². The summed E-state index contributed by atoms with van der Waals surface area (Å²) >= 11 is 0. The molecule has 1 aliphatic rings. The first-order chi connectivity index (χ1) is 23.5. The van der Waals surface area contributed by atoms with E-state index in [1.165, 1.54) is 30.4 Å². The van der Waals surface area contributed by atoms with Crippen LogP contribution in [0.4, 0.5) is 0 Å². The first-order valence-electron chi connectivity index (χ1n) is 17.3. The Labute approximate surface area is 286 Å². The van der Waals surface area contributed by atoms with E-state index in [9.17, 15) is 9.59 Å². The molecule has 6 nitrogen and oxygen atoms in total. The Bertz CT molecular complexity index is 1580. The van der Waals surface area contributed by atoms with Crippen LogP contribution in [0.1, 0.15) is 54.0 Å². The number of piperazine rings is 1. The Balaban J connectivity index is 1.39. The SMILES string of the molecule is CCCCCc1ccc(CN(C(=O)C=Cc2ccc(OC)cc2)C(Cc2ccccc2)C(=O)N2CCN(Cc3ccccc3)CC2)cc1. The standard InChI is InChI=1S/C42H49N3O3/c1-3-4-7-12-34-17-19-38(20-18-34)33-45(41(46)26-23-35-21-24-39(48-2)25-22-35)40(31-36-13-8-5-9-14-36)42(47)44-29-27-43(28-30-44)32-37-15-10-6-11-16-37/h5-6,8-11,13-26,40H,3-4,7,12,27-33H2,1-2H3. The number of hydrogen-bond donors (Lipinski definition) is 0. The van der Waals surface area contributed by atoms with Gasteiger partial charge in [0, 0.05) is 51.8 Å². The zero-order valence-corrected chi connectivity index (χ0v) is 28.5. The molecule has 4 aromatic rings. The minimum absolute atomic E-state index is 0.000553. The summed E-state index contributed by atoms with van der Waals surface area (Å²) in [5, 5.41) is 0. The topological polar surface area (TPSA) is 53.1 Å². The van der Waals surface area contributed by atoms with Gasteiger partial charge < -0.3 is 14.5 Å². The predicted molar refractivity (Wildman–Crippen MR) is 194 cm³/mol. The Morgan fingerprint density at radius 2 is 1.38 bits per heavy atom. The summed E-state index contributed by atoms with van der Waals surface area (Å²) in [7, 11) is 1.64. The summed E-state index contributed by atoms with van der Waals surface area (Å²) in [6.45, 7) is 6.28. The molecular weight excluding hydrogens is 594 g/mol. The van der Waals surface area contributed by atoms with E-state index in [1.54, 1.807) is 18.1 Å². The van der Waals surface area contributed by atoms with Crippen LogP contribution < -0.4 is 4.74 Å². The Morgan fingerprint density at radius 1 is 0.750 bits per heavy atom. The summed E-state index contributed by atoms with van der Waals surface area (Å²) in [4.78, 5) is 34.8. The average molecular weight is 644 g/mol. The highest BCUT2D eigenvalue weighted by molar-refractivity contribution is 5.95. The largest absolute Gasteiger partial charge is 0.497 e. The number of ether oxygens (including phenoxy) is 1. The summed E-state index contributed by atoms with van der Waals surface area (Å²) in [5.41, 5.74) is 5.51. The average Bonchev–Trinajstić information content (AvgIpc) is 3.14. The Kier molecular flexibility index (Phi) is 13.0. The van der Waals surface area contributed by atoms with Crippen molar-refractivity contribution in [1.82, 2.24) is 14.7 Å². The van der Waals surface area contributed by atoms with E-state index in [2.05, 4.69) is 60.4 Å². The second kappa shape index (κ2) is 18.0. The molecule has 48 heavy (non-hydrogen) atoms. The van der Waals surface area contributed by atoms with Crippen LogP contribution in [0.25, 0.3) is 6.08 Å². The monoisotopic (exact) mass is 643 g/mol. The van der Waals surface area contributed by atoms with Crippen LogP contribution in [0.3, 0.4) is 0 Å². The van der Waals surface area contributed by atoms with Gasteiger partial charge in [0.25, 0.3) is 0 Å². The molecule has 0 saturated carbocycles. The van der Waals surface area contributed by atoms with Crippen molar-refractivity contribution in [3.05, 3.63) is 143 Å². The lowest BCUT2D eigenvalue weighted by Crippen LogP contribution is -2.56. The second-order valence-corrected chi connectivity index (χ2v) is 12.6. The maximum atomic E-state index is 14.5. The van der Waals surface area contributed by atoms with Crippen molar-refractivity contribution in [2.75, 3.05) is 33.3 Å². The number of benzene rings is 4. The molecule has 0 bridgehead atoms. The van der Waals surface area contributed by atoms with E-state index < -0.39 is 6.04 Å². The van der Waals surface area contributed by atoms with Gasteiger partial charge in [-0.3, -0.25) is 14.5 Å². The third kappa shape index (κ3) is 10.2. The van der Waals surface area contributed by atoms with Crippen molar-refractivity contribution >= 4 is 17.9 Å². The number of methoxy groups -OCH3 is 1. The van der Waals surface area contributed by atoms with Gasteiger partial charge in [-0.2, -0.15) is 0 Å². The van der Waals surface area contributed by atoms with Crippen LogP contribution in [0.5, 0.6) is 5.75 Å². The molecule has 250 valence electrons. The van der Waals surface area contributed by atoms with Gasteiger partial charge in [-0.05, 0) is 58.9 Å². The van der Waals surface area contributed by atoms with E-state index in [0.29, 0.717) is 26.1 Å². The summed E-state index contributed by atoms with van der Waals surface area (Å²) < 4.78 is 5.30. The molecule has 0 radical (unpaired) electrons. The molecule has 2 amide bonds. The van der Waals surface area contributed by atoms with Gasteiger partial charge in [-0.25, -0.2) is 0 Å². The van der Waals surface area contributed by atoms with Crippen molar-refractivity contribution in [2.45, 2.75) is 58.2 Å². The fourth-order valence-corrected chi connectivity index (χ4v) is 6.25. The molecular formula is C42H49N3O3. The Hall–Kier alpha value is -4.68. The van der Waals surface area contributed by atoms with Crippen molar-refractivity contribution < 1.29 is 14.3 Å². The van der Waals surface area contributed by atoms with Gasteiger partial charge in [-0.15, -0.1) is 0 Å². The van der Waals surface area contributed by atoms with E-state index in [4.69, 9.17) is 4.74 Å². The Morgan fingerprint density at radius 3 is 2.00 bits per heavy atom. The molecule has 1 unspecified atom stereocenters. The number of amides is 2. The highest BCUT2D eigenvalue weighted by Gasteiger charge is 2.34. The first kappa shape index (κ1) is 34.6. The third-order valence-corrected chi connectivity index (χ3v) is 9.13. The maximum Gasteiger partial charge on any atom is 0.247 e. The molecule has 0 aromatic heterocycles. The smallest absolute Gasteiger partial charge is 0.247 e. The second-order valence-electron chi connectivity index (χ2n) is 12.6. The summed E-state index contributed by atoms with van der Waals surface area (Å²) in [5.74, 6) is 0.575. The summed E-state index contributed by atoms with van der Waals surface area (Å²) in [6.07, 6.45) is 8.49. The highest BCUT2D eigenvalue weighted by Crippen LogP contribution is 2.20. The zero-order valence-electron chi connectivity index (χ0n) is 28.5. The number of aryl methyl sites for hydroxylation is 1. The molecule has 5 rings (SSSR count). The van der Waals surface area contributed by atoms with Gasteiger partial charge in [0.1, 0.15) is 11.8 Å². The van der Waals surface area contributed by atoms with E-state index in [-0.39, 0.29) is 11.8 Å². The number of unbranched alkanes of at least 4 members (excludes halogenated alkanes) is 2. The molecule has 0 aliphatic carbocycles. The lowest BCUT2D eigenvalue weighted by Gasteiger charge is -2.39. The molecule has 0 spiro atoms. The zero-order chi connectivity index (χ0) is 33.6. The van der Waals surface area contributed by atoms with E-state index in [1.807, 2.05) is 71.6 Å². The first-order valence-corrected chi connectivity index (χ1v) is 17.3. The van der Waals surface area contributed by atoms with Crippen LogP contribution in [-0.4, -0.2) is 65.8 Å². The van der Waals surface area contributed by atoms with E-state index >= 15 is 0 Å². The molecule has 6 heteroatoms. The molecule has 1 atom stereocenters. The molecule has 1 heterocycles. The number of nitrogens with zero attached hydrogens (tertiary/aromatic N) is 3. The minimum Gasteiger partial charge on any atom is -0.497 e. The molecule has 1 saturated heterocycles. The number of rotatable bonds is 15.